The van der Waals surface area contributed by atoms with Crippen LogP contribution in [0.5, 0.6) is 11.5 Å². The zero-order valence-corrected chi connectivity index (χ0v) is 11.5. The Morgan fingerprint density at radius 3 is 2.50 bits per heavy atom. The summed E-state index contributed by atoms with van der Waals surface area (Å²) in [4.78, 5) is 11.7. The number of fused-ring (bicyclic) bond motifs is 1. The van der Waals surface area contributed by atoms with E-state index >= 15 is 0 Å². The summed E-state index contributed by atoms with van der Waals surface area (Å²) in [5, 5.41) is 9.61. The number of ether oxygens (including phenoxy) is 2. The molecule has 0 amide bonds. The summed E-state index contributed by atoms with van der Waals surface area (Å²) in [6, 6.07) is 5.56. The average molecular weight is 276 g/mol. The van der Waals surface area contributed by atoms with E-state index in [-0.39, 0.29) is 5.92 Å². The highest BCUT2D eigenvalue weighted by Crippen LogP contribution is 2.39. The second-order valence-electron chi connectivity index (χ2n) is 5.62. The SMILES string of the molecule is O=C(O)C(c1ccc2c(c1)OCCO2)C1CCCCC1. The van der Waals surface area contributed by atoms with E-state index in [2.05, 4.69) is 0 Å². The molecule has 1 aromatic rings. The Morgan fingerprint density at radius 1 is 1.10 bits per heavy atom. The third-order valence-electron chi connectivity index (χ3n) is 4.31. The summed E-state index contributed by atoms with van der Waals surface area (Å²) in [5.74, 6) is 0.479. The third kappa shape index (κ3) is 2.60. The first-order valence-electron chi connectivity index (χ1n) is 7.38. The summed E-state index contributed by atoms with van der Waals surface area (Å²) in [7, 11) is 0. The summed E-state index contributed by atoms with van der Waals surface area (Å²) < 4.78 is 11.1. The number of carboxylic acids is 1. The van der Waals surface area contributed by atoms with Crippen LogP contribution in [0.15, 0.2) is 18.2 Å². The van der Waals surface area contributed by atoms with Gasteiger partial charge in [-0.25, -0.2) is 0 Å². The molecular formula is C16H20O4. The Morgan fingerprint density at radius 2 is 1.80 bits per heavy atom. The normalized spacial score (nSPS) is 20.4. The molecule has 0 bridgehead atoms. The molecule has 4 heteroatoms. The number of carboxylic acid groups (broad SMARTS) is 1. The first-order valence-corrected chi connectivity index (χ1v) is 7.38. The van der Waals surface area contributed by atoms with E-state index in [0.717, 1.165) is 31.2 Å². The minimum atomic E-state index is -0.728. The van der Waals surface area contributed by atoms with Crippen molar-refractivity contribution in [3.05, 3.63) is 23.8 Å². The molecule has 1 saturated carbocycles. The molecule has 1 aliphatic heterocycles. The molecule has 3 rings (SSSR count). The number of hydrogen-bond acceptors (Lipinski definition) is 3. The molecular weight excluding hydrogens is 256 g/mol. The Bertz CT molecular complexity index is 491. The van der Waals surface area contributed by atoms with Crippen LogP contribution >= 0.6 is 0 Å². The molecule has 2 aliphatic rings. The van der Waals surface area contributed by atoms with Crippen molar-refractivity contribution in [2.24, 2.45) is 5.92 Å². The molecule has 0 saturated heterocycles. The molecule has 1 fully saturated rings. The van der Waals surface area contributed by atoms with Gasteiger partial charge in [-0.15, -0.1) is 0 Å². The molecule has 1 atom stereocenters. The predicted octanol–water partition coefficient (Wildman–Crippen LogP) is 3.21. The van der Waals surface area contributed by atoms with Crippen molar-refractivity contribution < 1.29 is 19.4 Å². The maximum atomic E-state index is 11.7. The van der Waals surface area contributed by atoms with Gasteiger partial charge in [0, 0.05) is 0 Å². The molecule has 1 aromatic carbocycles. The molecule has 1 N–H and O–H groups in total. The standard InChI is InChI=1S/C16H20O4/c17-16(18)15(11-4-2-1-3-5-11)12-6-7-13-14(10-12)20-9-8-19-13/h6-7,10-11,15H,1-5,8-9H2,(H,17,18). The number of aliphatic carboxylic acids is 1. The predicted molar refractivity (Wildman–Crippen MR) is 74.4 cm³/mol. The van der Waals surface area contributed by atoms with Crippen molar-refractivity contribution >= 4 is 5.97 Å². The smallest absolute Gasteiger partial charge is 0.311 e. The van der Waals surface area contributed by atoms with Gasteiger partial charge in [0.05, 0.1) is 5.92 Å². The van der Waals surface area contributed by atoms with Crippen LogP contribution in [0.2, 0.25) is 0 Å². The van der Waals surface area contributed by atoms with Gasteiger partial charge in [0.1, 0.15) is 13.2 Å². The monoisotopic (exact) mass is 276 g/mol. The van der Waals surface area contributed by atoms with E-state index in [1.807, 2.05) is 18.2 Å². The zero-order chi connectivity index (χ0) is 13.9. The lowest BCUT2D eigenvalue weighted by Gasteiger charge is -2.28. The summed E-state index contributed by atoms with van der Waals surface area (Å²) in [6.07, 6.45) is 5.51. The van der Waals surface area contributed by atoms with Crippen LogP contribution in [0.3, 0.4) is 0 Å². The largest absolute Gasteiger partial charge is 0.486 e. The van der Waals surface area contributed by atoms with E-state index in [0.29, 0.717) is 24.7 Å². The van der Waals surface area contributed by atoms with Gasteiger partial charge in [-0.3, -0.25) is 4.79 Å². The van der Waals surface area contributed by atoms with Crippen molar-refractivity contribution in [3.8, 4) is 11.5 Å². The van der Waals surface area contributed by atoms with E-state index in [1.165, 1.54) is 6.42 Å². The summed E-state index contributed by atoms with van der Waals surface area (Å²) in [6.45, 7) is 1.08. The molecule has 0 spiro atoms. The van der Waals surface area contributed by atoms with Crippen molar-refractivity contribution in [1.82, 2.24) is 0 Å². The van der Waals surface area contributed by atoms with E-state index in [4.69, 9.17) is 9.47 Å². The van der Waals surface area contributed by atoms with E-state index in [9.17, 15) is 9.90 Å². The second kappa shape index (κ2) is 5.73. The van der Waals surface area contributed by atoms with Crippen molar-refractivity contribution in [1.29, 1.82) is 0 Å². The Kier molecular flexibility index (Phi) is 3.81. The van der Waals surface area contributed by atoms with Crippen LogP contribution in [-0.4, -0.2) is 24.3 Å². The fourth-order valence-electron chi connectivity index (χ4n) is 3.34. The van der Waals surface area contributed by atoms with Gasteiger partial charge in [0.2, 0.25) is 0 Å². The summed E-state index contributed by atoms with van der Waals surface area (Å²) >= 11 is 0. The fraction of sp³-hybridized carbons (Fsp3) is 0.562. The summed E-state index contributed by atoms with van der Waals surface area (Å²) in [5.41, 5.74) is 0.841. The molecule has 4 nitrogen and oxygen atoms in total. The molecule has 108 valence electrons. The van der Waals surface area contributed by atoms with Gasteiger partial charge in [0.25, 0.3) is 0 Å². The van der Waals surface area contributed by atoms with Crippen molar-refractivity contribution in [3.63, 3.8) is 0 Å². The van der Waals surface area contributed by atoms with Gasteiger partial charge < -0.3 is 14.6 Å². The van der Waals surface area contributed by atoms with Crippen molar-refractivity contribution in [2.45, 2.75) is 38.0 Å². The minimum absolute atomic E-state index is 0.240. The number of benzene rings is 1. The topological polar surface area (TPSA) is 55.8 Å². The van der Waals surface area contributed by atoms with E-state index in [1.54, 1.807) is 0 Å². The molecule has 1 unspecified atom stereocenters. The maximum absolute atomic E-state index is 11.7. The Balaban J connectivity index is 1.88. The van der Waals surface area contributed by atoms with Gasteiger partial charge >= 0.3 is 5.97 Å². The third-order valence-corrected chi connectivity index (χ3v) is 4.31. The lowest BCUT2D eigenvalue weighted by Crippen LogP contribution is -2.24. The average Bonchev–Trinajstić information content (AvgIpc) is 2.48. The number of hydrogen-bond donors (Lipinski definition) is 1. The van der Waals surface area contributed by atoms with E-state index < -0.39 is 11.9 Å². The van der Waals surface area contributed by atoms with Crippen LogP contribution in [0, 0.1) is 5.92 Å². The van der Waals surface area contributed by atoms with Gasteiger partial charge in [-0.1, -0.05) is 25.3 Å². The fourth-order valence-corrected chi connectivity index (χ4v) is 3.34. The lowest BCUT2D eigenvalue weighted by molar-refractivity contribution is -0.140. The highest BCUT2D eigenvalue weighted by Gasteiger charge is 2.31. The minimum Gasteiger partial charge on any atom is -0.486 e. The van der Waals surface area contributed by atoms with Crippen LogP contribution in [-0.2, 0) is 4.79 Å². The molecule has 0 radical (unpaired) electrons. The zero-order valence-electron chi connectivity index (χ0n) is 11.5. The van der Waals surface area contributed by atoms with Crippen LogP contribution in [0.4, 0.5) is 0 Å². The lowest BCUT2D eigenvalue weighted by atomic mass is 9.77. The second-order valence-corrected chi connectivity index (χ2v) is 5.62. The molecule has 20 heavy (non-hydrogen) atoms. The van der Waals surface area contributed by atoms with Crippen molar-refractivity contribution in [2.75, 3.05) is 13.2 Å². The maximum Gasteiger partial charge on any atom is 0.311 e. The van der Waals surface area contributed by atoms with Gasteiger partial charge in [-0.05, 0) is 36.5 Å². The highest BCUT2D eigenvalue weighted by molar-refractivity contribution is 5.77. The quantitative estimate of drug-likeness (QED) is 0.921. The number of rotatable bonds is 3. The van der Waals surface area contributed by atoms with Crippen LogP contribution < -0.4 is 9.47 Å². The molecule has 1 aliphatic carbocycles. The molecule has 1 heterocycles. The van der Waals surface area contributed by atoms with Crippen LogP contribution in [0.1, 0.15) is 43.6 Å². The Hall–Kier alpha value is -1.71. The number of carbonyl (C=O) groups is 1. The molecule has 0 aromatic heterocycles. The van der Waals surface area contributed by atoms with Gasteiger partial charge in [-0.2, -0.15) is 0 Å². The first kappa shape index (κ1) is 13.3. The Labute approximate surface area is 118 Å². The highest BCUT2D eigenvalue weighted by atomic mass is 16.6. The van der Waals surface area contributed by atoms with Gasteiger partial charge in [0.15, 0.2) is 11.5 Å². The van der Waals surface area contributed by atoms with Crippen LogP contribution in [0.25, 0.3) is 0 Å². The first-order chi connectivity index (χ1) is 9.75.